The van der Waals surface area contributed by atoms with E-state index in [0.29, 0.717) is 4.96 Å². The summed E-state index contributed by atoms with van der Waals surface area (Å²) in [4.78, 5) is 14.7. The number of hydrogen-bond acceptors (Lipinski definition) is 4. The molecule has 1 N–H and O–H groups in total. The van der Waals surface area contributed by atoms with E-state index in [-0.39, 0.29) is 11.6 Å². The molecule has 0 bridgehead atoms. The third kappa shape index (κ3) is 3.32. The van der Waals surface area contributed by atoms with Crippen LogP contribution < -0.4 is 4.74 Å². The monoisotopic (exact) mass is 324 g/mol. The molecule has 0 radical (unpaired) electrons. The van der Waals surface area contributed by atoms with Crippen LogP contribution in [0.3, 0.4) is 0 Å². The highest BCUT2D eigenvalue weighted by Gasteiger charge is 2.42. The van der Waals surface area contributed by atoms with Crippen LogP contribution in [0.2, 0.25) is 0 Å². The topological polar surface area (TPSA) is 63.8 Å². The van der Waals surface area contributed by atoms with Crippen molar-refractivity contribution in [1.29, 1.82) is 0 Å². The summed E-state index contributed by atoms with van der Waals surface area (Å²) in [5.74, 6) is -5.91. The second kappa shape index (κ2) is 5.72. The van der Waals surface area contributed by atoms with Gasteiger partial charge in [-0.15, -0.1) is 11.3 Å². The van der Waals surface area contributed by atoms with Crippen LogP contribution in [0, 0.1) is 0 Å². The molecule has 0 spiro atoms. The van der Waals surface area contributed by atoms with Gasteiger partial charge < -0.3 is 9.84 Å². The minimum absolute atomic E-state index is 0.0821. The second-order valence-electron chi connectivity index (χ2n) is 3.88. The summed E-state index contributed by atoms with van der Waals surface area (Å²) in [6, 6.07) is 0. The van der Waals surface area contributed by atoms with Crippen LogP contribution in [0.15, 0.2) is 17.7 Å². The first-order chi connectivity index (χ1) is 9.81. The van der Waals surface area contributed by atoms with Gasteiger partial charge in [-0.05, 0) is 6.08 Å². The first-order valence-corrected chi connectivity index (χ1v) is 6.34. The van der Waals surface area contributed by atoms with Crippen LogP contribution in [0.4, 0.5) is 17.6 Å². The van der Waals surface area contributed by atoms with E-state index < -0.39 is 24.9 Å². The average molecular weight is 324 g/mol. The smallest absolute Gasteiger partial charge is 0.340 e. The number of aromatic nitrogens is 2. The predicted octanol–water partition coefficient (Wildman–Crippen LogP) is 2.77. The van der Waals surface area contributed by atoms with Gasteiger partial charge in [0.05, 0.1) is 0 Å². The highest BCUT2D eigenvalue weighted by Crippen LogP contribution is 2.28. The Kier molecular flexibility index (Phi) is 4.16. The van der Waals surface area contributed by atoms with Crippen molar-refractivity contribution in [3.05, 3.63) is 23.3 Å². The molecule has 2 heterocycles. The number of fused-ring (bicyclic) bond motifs is 1. The van der Waals surface area contributed by atoms with Crippen molar-refractivity contribution in [3.8, 4) is 5.88 Å². The fraction of sp³-hybridized carbons (Fsp3) is 0.273. The summed E-state index contributed by atoms with van der Waals surface area (Å²) >= 11 is 1.15. The maximum atomic E-state index is 12.8. The number of aliphatic carboxylic acids is 1. The molecule has 0 atom stereocenters. The van der Waals surface area contributed by atoms with Gasteiger partial charge >= 0.3 is 18.3 Å². The molecule has 0 saturated carbocycles. The first kappa shape index (κ1) is 15.3. The number of thiazole rings is 1. The lowest BCUT2D eigenvalue weighted by Crippen LogP contribution is -2.33. The van der Waals surface area contributed by atoms with Crippen molar-refractivity contribution in [2.24, 2.45) is 0 Å². The summed E-state index contributed by atoms with van der Waals surface area (Å²) in [6.45, 7) is -1.55. The molecule has 5 nitrogen and oxygen atoms in total. The Labute approximate surface area is 119 Å². The van der Waals surface area contributed by atoms with E-state index in [4.69, 9.17) is 5.11 Å². The normalized spacial score (nSPS) is 12.6. The van der Waals surface area contributed by atoms with Gasteiger partial charge in [-0.3, -0.25) is 4.40 Å². The predicted molar refractivity (Wildman–Crippen MR) is 66.2 cm³/mol. The summed E-state index contributed by atoms with van der Waals surface area (Å²) < 4.78 is 55.9. The van der Waals surface area contributed by atoms with Crippen LogP contribution in [0.5, 0.6) is 5.88 Å². The number of carboxylic acid groups (broad SMARTS) is 1. The van der Waals surface area contributed by atoms with Crippen molar-refractivity contribution in [2.75, 3.05) is 6.61 Å². The molecule has 2 rings (SSSR count). The number of ether oxygens (including phenoxy) is 1. The van der Waals surface area contributed by atoms with Gasteiger partial charge in [-0.2, -0.15) is 13.8 Å². The van der Waals surface area contributed by atoms with Crippen LogP contribution in [-0.2, 0) is 4.79 Å². The molecule has 0 fully saturated rings. The van der Waals surface area contributed by atoms with E-state index in [0.717, 1.165) is 23.5 Å². The molecule has 2 aromatic heterocycles. The Morgan fingerprint density at radius 1 is 1.57 bits per heavy atom. The molecule has 21 heavy (non-hydrogen) atoms. The lowest BCUT2D eigenvalue weighted by molar-refractivity contribution is -0.148. The van der Waals surface area contributed by atoms with E-state index in [1.54, 1.807) is 5.38 Å². The standard InChI is InChI=1S/C11H8F4N2O3S/c12-9(13)11(14,15)5-20-8-6(1-2-7(18)19)17-3-4-21-10(17)16-8/h1-4,9H,5H2,(H,18,19). The maximum Gasteiger partial charge on any atom is 0.340 e. The highest BCUT2D eigenvalue weighted by molar-refractivity contribution is 7.15. The minimum Gasteiger partial charge on any atom is -0.478 e. The van der Waals surface area contributed by atoms with Gasteiger partial charge in [0.2, 0.25) is 5.88 Å². The van der Waals surface area contributed by atoms with Gasteiger partial charge in [-0.25, -0.2) is 13.6 Å². The van der Waals surface area contributed by atoms with Crippen LogP contribution in [0.1, 0.15) is 5.69 Å². The molecule has 0 unspecified atom stereocenters. The molecule has 0 aromatic carbocycles. The van der Waals surface area contributed by atoms with Crippen LogP contribution in [-0.4, -0.2) is 39.4 Å². The van der Waals surface area contributed by atoms with Crippen molar-refractivity contribution < 1.29 is 32.2 Å². The van der Waals surface area contributed by atoms with Gasteiger partial charge in [0.15, 0.2) is 11.6 Å². The molecule has 114 valence electrons. The zero-order valence-electron chi connectivity index (χ0n) is 10.2. The zero-order valence-corrected chi connectivity index (χ0v) is 11.0. The molecular formula is C11H8F4N2O3S. The number of imidazole rings is 1. The van der Waals surface area contributed by atoms with Crippen molar-refractivity contribution >= 4 is 28.3 Å². The Morgan fingerprint density at radius 2 is 2.29 bits per heavy atom. The molecule has 0 aliphatic carbocycles. The van der Waals surface area contributed by atoms with Gasteiger partial charge in [0.25, 0.3) is 0 Å². The van der Waals surface area contributed by atoms with E-state index in [1.807, 2.05) is 0 Å². The fourth-order valence-electron chi connectivity index (χ4n) is 1.42. The largest absolute Gasteiger partial charge is 0.478 e. The van der Waals surface area contributed by atoms with Crippen LogP contribution in [0.25, 0.3) is 11.0 Å². The Bertz CT molecular complexity index is 680. The summed E-state index contributed by atoms with van der Waals surface area (Å²) in [5, 5.41) is 10.2. The Morgan fingerprint density at radius 3 is 2.90 bits per heavy atom. The molecule has 0 aliphatic rings. The number of nitrogens with zero attached hydrogens (tertiary/aromatic N) is 2. The Hall–Kier alpha value is -2.10. The zero-order chi connectivity index (χ0) is 15.6. The molecular weight excluding hydrogens is 316 g/mol. The second-order valence-corrected chi connectivity index (χ2v) is 4.75. The number of carboxylic acids is 1. The number of carbonyl (C=O) groups is 1. The molecule has 10 heteroatoms. The van der Waals surface area contributed by atoms with Gasteiger partial charge in [0.1, 0.15) is 5.69 Å². The third-order valence-corrected chi connectivity index (χ3v) is 3.13. The van der Waals surface area contributed by atoms with E-state index in [9.17, 15) is 22.4 Å². The number of hydrogen-bond donors (Lipinski definition) is 1. The summed E-state index contributed by atoms with van der Waals surface area (Å²) in [6.07, 6.45) is -0.490. The molecule has 0 amide bonds. The average Bonchev–Trinajstić information content (AvgIpc) is 2.94. The minimum atomic E-state index is -4.31. The first-order valence-electron chi connectivity index (χ1n) is 5.46. The maximum absolute atomic E-state index is 12.8. The quantitative estimate of drug-likeness (QED) is 0.655. The Balaban J connectivity index is 2.28. The van der Waals surface area contributed by atoms with Gasteiger partial charge in [-0.1, -0.05) is 0 Å². The van der Waals surface area contributed by atoms with Crippen LogP contribution >= 0.6 is 11.3 Å². The molecule has 0 saturated heterocycles. The number of rotatable bonds is 6. The lowest BCUT2D eigenvalue weighted by Gasteiger charge is -2.15. The number of halogens is 4. The SMILES string of the molecule is O=C(O)C=Cc1c(OCC(F)(F)C(F)F)nc2sccn12. The summed E-state index contributed by atoms with van der Waals surface area (Å²) in [5.41, 5.74) is 0.0821. The lowest BCUT2D eigenvalue weighted by atomic mass is 10.3. The van der Waals surface area contributed by atoms with E-state index >= 15 is 0 Å². The third-order valence-electron chi connectivity index (χ3n) is 2.37. The fourth-order valence-corrected chi connectivity index (χ4v) is 2.13. The van der Waals surface area contributed by atoms with Crippen molar-refractivity contribution in [2.45, 2.75) is 12.3 Å². The van der Waals surface area contributed by atoms with Crippen molar-refractivity contribution in [1.82, 2.24) is 9.38 Å². The molecule has 2 aromatic rings. The number of alkyl halides is 4. The van der Waals surface area contributed by atoms with E-state index in [2.05, 4.69) is 9.72 Å². The van der Waals surface area contributed by atoms with Gasteiger partial charge in [0, 0.05) is 17.7 Å². The molecule has 0 aliphatic heterocycles. The van der Waals surface area contributed by atoms with E-state index in [1.165, 1.54) is 10.6 Å². The van der Waals surface area contributed by atoms with Crippen molar-refractivity contribution in [3.63, 3.8) is 0 Å². The highest BCUT2D eigenvalue weighted by atomic mass is 32.1. The summed E-state index contributed by atoms with van der Waals surface area (Å²) in [7, 11) is 0.